The highest BCUT2D eigenvalue weighted by molar-refractivity contribution is 5.83. The van der Waals surface area contributed by atoms with Gasteiger partial charge in [-0.3, -0.25) is 4.98 Å². The van der Waals surface area contributed by atoms with Crippen LogP contribution in [0.3, 0.4) is 0 Å². The van der Waals surface area contributed by atoms with E-state index in [1.807, 2.05) is 42.5 Å². The molecule has 104 valence electrons. The standard InChI is InChI=1S/C18H15NO2/c20-17(15-6-1-4-12-9-11-21-18(12)15)14-5-2-8-16-13(14)7-3-10-19-16/h1-8,10,17,20H,9,11H2. The van der Waals surface area contributed by atoms with Gasteiger partial charge in [-0.15, -0.1) is 0 Å². The Kier molecular flexibility index (Phi) is 2.86. The zero-order valence-electron chi connectivity index (χ0n) is 11.5. The summed E-state index contributed by atoms with van der Waals surface area (Å²) in [4.78, 5) is 4.35. The third-order valence-corrected chi connectivity index (χ3v) is 4.01. The first-order chi connectivity index (χ1) is 10.3. The topological polar surface area (TPSA) is 42.4 Å². The first-order valence-electron chi connectivity index (χ1n) is 7.11. The molecule has 0 saturated heterocycles. The highest BCUT2D eigenvalue weighted by Gasteiger charge is 2.22. The molecule has 2 heterocycles. The molecule has 0 saturated carbocycles. The summed E-state index contributed by atoms with van der Waals surface area (Å²) < 4.78 is 5.71. The predicted octanol–water partition coefficient (Wildman–Crippen LogP) is 3.25. The van der Waals surface area contributed by atoms with E-state index in [-0.39, 0.29) is 0 Å². The summed E-state index contributed by atoms with van der Waals surface area (Å²) in [6.07, 6.45) is 1.97. The number of benzene rings is 2. The van der Waals surface area contributed by atoms with Gasteiger partial charge >= 0.3 is 0 Å². The van der Waals surface area contributed by atoms with E-state index in [1.165, 1.54) is 5.56 Å². The predicted molar refractivity (Wildman–Crippen MR) is 81.4 cm³/mol. The number of aromatic nitrogens is 1. The van der Waals surface area contributed by atoms with E-state index in [2.05, 4.69) is 11.1 Å². The van der Waals surface area contributed by atoms with Crippen LogP contribution < -0.4 is 4.74 Å². The number of rotatable bonds is 2. The molecule has 3 nitrogen and oxygen atoms in total. The van der Waals surface area contributed by atoms with Crippen LogP contribution in [-0.2, 0) is 6.42 Å². The minimum Gasteiger partial charge on any atom is -0.493 e. The lowest BCUT2D eigenvalue weighted by Gasteiger charge is -2.16. The first-order valence-corrected chi connectivity index (χ1v) is 7.11. The Morgan fingerprint density at radius 1 is 1.00 bits per heavy atom. The smallest absolute Gasteiger partial charge is 0.128 e. The van der Waals surface area contributed by atoms with Gasteiger partial charge in [0.15, 0.2) is 0 Å². The number of ether oxygens (including phenoxy) is 1. The van der Waals surface area contributed by atoms with E-state index in [1.54, 1.807) is 6.20 Å². The van der Waals surface area contributed by atoms with Crippen LogP contribution in [0.5, 0.6) is 5.75 Å². The van der Waals surface area contributed by atoms with Crippen LogP contribution in [0.4, 0.5) is 0 Å². The van der Waals surface area contributed by atoms with Crippen LogP contribution in [0.2, 0.25) is 0 Å². The number of aliphatic hydroxyl groups excluding tert-OH is 1. The maximum absolute atomic E-state index is 10.8. The Bertz CT molecular complexity index is 808. The Hall–Kier alpha value is -2.39. The molecule has 3 heteroatoms. The van der Waals surface area contributed by atoms with Crippen molar-refractivity contribution in [1.82, 2.24) is 4.98 Å². The monoisotopic (exact) mass is 277 g/mol. The summed E-state index contributed by atoms with van der Waals surface area (Å²) in [7, 11) is 0. The van der Waals surface area contributed by atoms with Crippen LogP contribution >= 0.6 is 0 Å². The van der Waals surface area contributed by atoms with Gasteiger partial charge in [-0.25, -0.2) is 0 Å². The molecule has 0 amide bonds. The summed E-state index contributed by atoms with van der Waals surface area (Å²) in [5, 5.41) is 11.8. The number of para-hydroxylation sites is 1. The Labute approximate surface area is 122 Å². The van der Waals surface area contributed by atoms with Crippen LogP contribution in [0.1, 0.15) is 22.8 Å². The Morgan fingerprint density at radius 3 is 2.81 bits per heavy atom. The molecular formula is C18H15NO2. The van der Waals surface area contributed by atoms with E-state index in [0.29, 0.717) is 6.61 Å². The fourth-order valence-corrected chi connectivity index (χ4v) is 2.99. The van der Waals surface area contributed by atoms with Crippen molar-refractivity contribution < 1.29 is 9.84 Å². The lowest BCUT2D eigenvalue weighted by Crippen LogP contribution is -2.03. The molecule has 1 aliphatic rings. The van der Waals surface area contributed by atoms with Crippen molar-refractivity contribution >= 4 is 10.9 Å². The first kappa shape index (κ1) is 12.4. The van der Waals surface area contributed by atoms with Crippen LogP contribution in [0.15, 0.2) is 54.7 Å². The number of hydrogen-bond donors (Lipinski definition) is 1. The lowest BCUT2D eigenvalue weighted by atomic mass is 9.95. The molecule has 0 spiro atoms. The van der Waals surface area contributed by atoms with Crippen molar-refractivity contribution in [1.29, 1.82) is 0 Å². The molecule has 4 rings (SSSR count). The molecule has 1 atom stereocenters. The lowest BCUT2D eigenvalue weighted by molar-refractivity contribution is 0.215. The molecule has 3 aromatic rings. The van der Waals surface area contributed by atoms with Gasteiger partial charge in [-0.05, 0) is 23.3 Å². The van der Waals surface area contributed by atoms with Gasteiger partial charge in [-0.2, -0.15) is 0 Å². The third-order valence-electron chi connectivity index (χ3n) is 4.01. The third kappa shape index (κ3) is 1.98. The highest BCUT2D eigenvalue weighted by atomic mass is 16.5. The van der Waals surface area contributed by atoms with Gasteiger partial charge in [0.2, 0.25) is 0 Å². The van der Waals surface area contributed by atoms with Gasteiger partial charge in [0.1, 0.15) is 11.9 Å². The maximum atomic E-state index is 10.8. The fourth-order valence-electron chi connectivity index (χ4n) is 2.99. The molecule has 1 aromatic heterocycles. The van der Waals surface area contributed by atoms with E-state index < -0.39 is 6.10 Å². The summed E-state index contributed by atoms with van der Waals surface area (Å²) in [6, 6.07) is 15.7. The molecule has 0 bridgehead atoms. The fraction of sp³-hybridized carbons (Fsp3) is 0.167. The second-order valence-electron chi connectivity index (χ2n) is 5.25. The summed E-state index contributed by atoms with van der Waals surface area (Å²) in [6.45, 7) is 0.691. The molecule has 1 aliphatic heterocycles. The van der Waals surface area contributed by atoms with Crippen molar-refractivity contribution in [2.75, 3.05) is 6.61 Å². The van der Waals surface area contributed by atoms with Crippen molar-refractivity contribution in [3.05, 3.63) is 71.4 Å². The zero-order chi connectivity index (χ0) is 14.2. The molecule has 0 fully saturated rings. The SMILES string of the molecule is OC(c1cccc2c1OCC2)c1cccc2ncccc12. The maximum Gasteiger partial charge on any atom is 0.128 e. The molecular weight excluding hydrogens is 262 g/mol. The Morgan fingerprint density at radius 2 is 1.86 bits per heavy atom. The summed E-state index contributed by atoms with van der Waals surface area (Å²) >= 11 is 0. The van der Waals surface area contributed by atoms with Gasteiger partial charge in [0, 0.05) is 23.6 Å². The summed E-state index contributed by atoms with van der Waals surface area (Å²) in [5.41, 5.74) is 3.76. The second-order valence-corrected chi connectivity index (χ2v) is 5.25. The number of hydrogen-bond acceptors (Lipinski definition) is 3. The minimum atomic E-state index is -0.703. The van der Waals surface area contributed by atoms with Crippen molar-refractivity contribution in [2.24, 2.45) is 0 Å². The molecule has 0 radical (unpaired) electrons. The van der Waals surface area contributed by atoms with E-state index >= 15 is 0 Å². The van der Waals surface area contributed by atoms with Gasteiger partial charge in [0.25, 0.3) is 0 Å². The van der Waals surface area contributed by atoms with Crippen molar-refractivity contribution in [3.63, 3.8) is 0 Å². The van der Waals surface area contributed by atoms with Gasteiger partial charge < -0.3 is 9.84 Å². The van der Waals surface area contributed by atoms with Crippen molar-refractivity contribution in [2.45, 2.75) is 12.5 Å². The number of fused-ring (bicyclic) bond motifs is 2. The molecule has 21 heavy (non-hydrogen) atoms. The van der Waals surface area contributed by atoms with E-state index in [4.69, 9.17) is 4.74 Å². The van der Waals surface area contributed by atoms with E-state index in [9.17, 15) is 5.11 Å². The van der Waals surface area contributed by atoms with Crippen LogP contribution in [0.25, 0.3) is 10.9 Å². The van der Waals surface area contributed by atoms with Crippen molar-refractivity contribution in [3.8, 4) is 5.75 Å². The quantitative estimate of drug-likeness (QED) is 0.782. The van der Waals surface area contributed by atoms with Crippen LogP contribution in [0, 0.1) is 0 Å². The highest BCUT2D eigenvalue weighted by Crippen LogP contribution is 2.37. The van der Waals surface area contributed by atoms with Gasteiger partial charge in [0.05, 0.1) is 12.1 Å². The van der Waals surface area contributed by atoms with E-state index in [0.717, 1.165) is 34.2 Å². The average Bonchev–Trinajstić information content (AvgIpc) is 3.02. The molecule has 1 N–H and O–H groups in total. The average molecular weight is 277 g/mol. The number of aliphatic hydroxyl groups is 1. The summed E-state index contributed by atoms with van der Waals surface area (Å²) in [5.74, 6) is 0.839. The Balaban J connectivity index is 1.88. The number of pyridine rings is 1. The number of nitrogens with zero attached hydrogens (tertiary/aromatic N) is 1. The molecule has 1 unspecified atom stereocenters. The normalized spacial score (nSPS) is 14.7. The second kappa shape index (κ2) is 4.86. The van der Waals surface area contributed by atoms with Gasteiger partial charge in [-0.1, -0.05) is 36.4 Å². The van der Waals surface area contributed by atoms with Crippen LogP contribution in [-0.4, -0.2) is 16.7 Å². The molecule has 2 aromatic carbocycles. The largest absolute Gasteiger partial charge is 0.493 e. The zero-order valence-corrected chi connectivity index (χ0v) is 11.5. The molecule has 0 aliphatic carbocycles. The minimum absolute atomic E-state index is 0.691.